The summed E-state index contributed by atoms with van der Waals surface area (Å²) in [5.74, 6) is 0.960. The normalized spacial score (nSPS) is 12.6. The number of hydrogen-bond acceptors (Lipinski definition) is 1. The molecule has 102 valence electrons. The fourth-order valence-electron chi connectivity index (χ4n) is 3.06. The number of halogens is 1. The van der Waals surface area contributed by atoms with Gasteiger partial charge in [-0.05, 0) is 40.9 Å². The molecule has 0 aliphatic heterocycles. The largest absolute Gasteiger partial charge is 0.543 e. The van der Waals surface area contributed by atoms with Crippen molar-refractivity contribution >= 4 is 19.9 Å². The molecule has 0 spiro atoms. The van der Waals surface area contributed by atoms with Crippen LogP contribution in [0, 0.1) is 0 Å². The molecule has 0 amide bonds. The average molecular weight is 285 g/mol. The van der Waals surface area contributed by atoms with E-state index in [4.69, 9.17) is 16.0 Å². The molecule has 0 aliphatic rings. The van der Waals surface area contributed by atoms with Crippen LogP contribution in [-0.2, 0) is 0 Å². The highest BCUT2D eigenvalue weighted by atomic mass is 35.5. The van der Waals surface area contributed by atoms with E-state index in [1.54, 1.807) is 0 Å². The molecule has 0 aliphatic carbocycles. The van der Waals surface area contributed by atoms with Crippen molar-refractivity contribution in [1.82, 2.24) is 0 Å². The Morgan fingerprint density at radius 1 is 0.833 bits per heavy atom. The van der Waals surface area contributed by atoms with Crippen LogP contribution in [0.25, 0.3) is 0 Å². The molecule has 1 rings (SSSR count). The molecular formula is C15H25ClOSi. The maximum absolute atomic E-state index is 6.52. The number of rotatable bonds is 5. The van der Waals surface area contributed by atoms with Gasteiger partial charge >= 0.3 is 0 Å². The Morgan fingerprint density at radius 2 is 1.22 bits per heavy atom. The van der Waals surface area contributed by atoms with Crippen LogP contribution in [0.2, 0.25) is 21.6 Å². The highest BCUT2D eigenvalue weighted by molar-refractivity contribution is 6.78. The molecule has 1 aromatic rings. The van der Waals surface area contributed by atoms with Gasteiger partial charge in [-0.1, -0.05) is 53.1 Å². The van der Waals surface area contributed by atoms with Crippen LogP contribution in [0.1, 0.15) is 41.5 Å². The first-order valence-corrected chi connectivity index (χ1v) is 9.27. The van der Waals surface area contributed by atoms with E-state index in [9.17, 15) is 0 Å². The van der Waals surface area contributed by atoms with Gasteiger partial charge in [-0.2, -0.15) is 0 Å². The molecule has 1 nitrogen and oxygen atoms in total. The molecule has 0 radical (unpaired) electrons. The SMILES string of the molecule is CC(C)[Si](Oc1ccc(Cl)cc1)(C(C)C)C(C)C. The summed E-state index contributed by atoms with van der Waals surface area (Å²) in [6, 6.07) is 7.77. The Kier molecular flexibility index (Phi) is 5.29. The lowest BCUT2D eigenvalue weighted by molar-refractivity contribution is 0.480. The third kappa shape index (κ3) is 3.10. The summed E-state index contributed by atoms with van der Waals surface area (Å²) in [4.78, 5) is 0. The van der Waals surface area contributed by atoms with Crippen LogP contribution >= 0.6 is 11.6 Å². The first kappa shape index (κ1) is 15.6. The van der Waals surface area contributed by atoms with Gasteiger partial charge < -0.3 is 4.43 Å². The molecule has 1 aromatic carbocycles. The molecule has 0 bridgehead atoms. The fourth-order valence-corrected chi connectivity index (χ4v) is 8.44. The topological polar surface area (TPSA) is 9.23 Å². The molecule has 3 heteroatoms. The maximum atomic E-state index is 6.52. The van der Waals surface area contributed by atoms with Crippen molar-refractivity contribution in [3.05, 3.63) is 29.3 Å². The molecule has 0 saturated carbocycles. The van der Waals surface area contributed by atoms with Crippen LogP contribution in [0.4, 0.5) is 0 Å². The molecule has 0 heterocycles. The highest BCUT2D eigenvalue weighted by Crippen LogP contribution is 2.42. The Hall–Kier alpha value is -0.473. The third-order valence-electron chi connectivity index (χ3n) is 3.82. The van der Waals surface area contributed by atoms with Crippen molar-refractivity contribution in [1.29, 1.82) is 0 Å². The summed E-state index contributed by atoms with van der Waals surface area (Å²) in [5.41, 5.74) is 1.77. The lowest BCUT2D eigenvalue weighted by atomic mass is 10.3. The van der Waals surface area contributed by atoms with Crippen molar-refractivity contribution in [3.63, 3.8) is 0 Å². The average Bonchev–Trinajstić information content (AvgIpc) is 2.26. The van der Waals surface area contributed by atoms with Crippen molar-refractivity contribution in [3.8, 4) is 5.75 Å². The van der Waals surface area contributed by atoms with E-state index >= 15 is 0 Å². The maximum Gasteiger partial charge on any atom is 0.258 e. The van der Waals surface area contributed by atoms with Crippen LogP contribution in [0.3, 0.4) is 0 Å². The monoisotopic (exact) mass is 284 g/mol. The van der Waals surface area contributed by atoms with Gasteiger partial charge in [0.15, 0.2) is 0 Å². The van der Waals surface area contributed by atoms with Crippen molar-refractivity contribution in [2.45, 2.75) is 58.2 Å². The third-order valence-corrected chi connectivity index (χ3v) is 10.1. The van der Waals surface area contributed by atoms with Crippen molar-refractivity contribution in [2.24, 2.45) is 0 Å². The second kappa shape index (κ2) is 6.11. The minimum Gasteiger partial charge on any atom is -0.543 e. The van der Waals surface area contributed by atoms with E-state index in [2.05, 4.69) is 41.5 Å². The van der Waals surface area contributed by atoms with Gasteiger partial charge in [-0.15, -0.1) is 0 Å². The second-order valence-corrected chi connectivity index (χ2v) is 11.7. The molecular weight excluding hydrogens is 260 g/mol. The summed E-state index contributed by atoms with van der Waals surface area (Å²) >= 11 is 5.93. The van der Waals surface area contributed by atoms with Crippen LogP contribution in [0.5, 0.6) is 5.75 Å². The quantitative estimate of drug-likeness (QED) is 0.612. The zero-order valence-electron chi connectivity index (χ0n) is 12.3. The Bertz CT molecular complexity index is 349. The zero-order chi connectivity index (χ0) is 13.9. The van der Waals surface area contributed by atoms with Gasteiger partial charge in [0.05, 0.1) is 0 Å². The van der Waals surface area contributed by atoms with Gasteiger partial charge in [0.2, 0.25) is 0 Å². The van der Waals surface area contributed by atoms with E-state index in [0.717, 1.165) is 10.8 Å². The Balaban J connectivity index is 3.08. The van der Waals surface area contributed by atoms with E-state index in [0.29, 0.717) is 16.6 Å². The van der Waals surface area contributed by atoms with Crippen molar-refractivity contribution in [2.75, 3.05) is 0 Å². The Morgan fingerprint density at radius 3 is 1.56 bits per heavy atom. The molecule has 0 unspecified atom stereocenters. The lowest BCUT2D eigenvalue weighted by Crippen LogP contribution is -2.50. The highest BCUT2D eigenvalue weighted by Gasteiger charge is 2.46. The number of benzene rings is 1. The van der Waals surface area contributed by atoms with Gasteiger partial charge in [0.25, 0.3) is 8.32 Å². The fraction of sp³-hybridized carbons (Fsp3) is 0.600. The zero-order valence-corrected chi connectivity index (χ0v) is 14.1. The van der Waals surface area contributed by atoms with Crippen LogP contribution < -0.4 is 4.43 Å². The molecule has 0 aromatic heterocycles. The van der Waals surface area contributed by atoms with E-state index in [1.807, 2.05) is 24.3 Å². The van der Waals surface area contributed by atoms with Crippen molar-refractivity contribution < 1.29 is 4.43 Å². The number of hydrogen-bond donors (Lipinski definition) is 0. The standard InChI is InChI=1S/C15H25ClOSi/c1-11(2)18(12(3)4,13(5)6)17-15-9-7-14(16)8-10-15/h7-13H,1-6H3. The predicted octanol–water partition coefficient (Wildman–Crippen LogP) is 5.89. The van der Waals surface area contributed by atoms with Gasteiger partial charge in [-0.25, -0.2) is 0 Å². The summed E-state index contributed by atoms with van der Waals surface area (Å²) in [6.07, 6.45) is 0. The van der Waals surface area contributed by atoms with E-state index < -0.39 is 8.32 Å². The van der Waals surface area contributed by atoms with Crippen LogP contribution in [-0.4, -0.2) is 8.32 Å². The summed E-state index contributed by atoms with van der Waals surface area (Å²) in [7, 11) is -1.83. The van der Waals surface area contributed by atoms with E-state index in [1.165, 1.54) is 0 Å². The lowest BCUT2D eigenvalue weighted by Gasteiger charge is -2.42. The molecule has 0 atom stereocenters. The minimum absolute atomic E-state index is 0.591. The minimum atomic E-state index is -1.83. The molecule has 0 fully saturated rings. The smallest absolute Gasteiger partial charge is 0.258 e. The van der Waals surface area contributed by atoms with Crippen LogP contribution in [0.15, 0.2) is 24.3 Å². The summed E-state index contributed by atoms with van der Waals surface area (Å²) in [5, 5.41) is 0.758. The predicted molar refractivity (Wildman–Crippen MR) is 83.1 cm³/mol. The summed E-state index contributed by atoms with van der Waals surface area (Å²) < 4.78 is 6.52. The molecule has 0 N–H and O–H groups in total. The van der Waals surface area contributed by atoms with Gasteiger partial charge in [0, 0.05) is 5.02 Å². The first-order valence-electron chi connectivity index (χ1n) is 6.75. The molecule has 0 saturated heterocycles. The first-order chi connectivity index (χ1) is 8.30. The van der Waals surface area contributed by atoms with Gasteiger partial charge in [-0.3, -0.25) is 0 Å². The van der Waals surface area contributed by atoms with Gasteiger partial charge in [0.1, 0.15) is 5.75 Å². The Labute approximate surface area is 118 Å². The molecule has 18 heavy (non-hydrogen) atoms. The summed E-state index contributed by atoms with van der Waals surface area (Å²) in [6.45, 7) is 13.8. The van der Waals surface area contributed by atoms with E-state index in [-0.39, 0.29) is 0 Å². The second-order valence-electron chi connectivity index (χ2n) is 5.87.